The molecule has 0 aromatic heterocycles. The van der Waals surface area contributed by atoms with E-state index in [0.29, 0.717) is 5.56 Å². The van der Waals surface area contributed by atoms with Gasteiger partial charge in [0.05, 0.1) is 17.7 Å². The number of benzene rings is 4. The van der Waals surface area contributed by atoms with Crippen molar-refractivity contribution in [2.75, 3.05) is 6.61 Å². The molecule has 0 fully saturated rings. The number of halogens is 2. The first-order valence-electron chi connectivity index (χ1n) is 12.0. The molecular formula is C30H27F2NaO9S2. The molecule has 0 radical (unpaired) electrons. The topological polar surface area (TPSA) is 162 Å². The van der Waals surface area contributed by atoms with Crippen molar-refractivity contribution in [3.63, 3.8) is 0 Å². The molecule has 0 aliphatic rings. The molecule has 0 spiro atoms. The number of ether oxygens (including phenoxy) is 1. The zero-order valence-electron chi connectivity index (χ0n) is 24.1. The van der Waals surface area contributed by atoms with Gasteiger partial charge in [-0.3, -0.25) is 0 Å². The Morgan fingerprint density at radius 2 is 0.977 bits per heavy atom. The Bertz CT molecular complexity index is 1560. The Hall–Kier alpha value is -3.72. The number of aromatic carboxylic acids is 1. The van der Waals surface area contributed by atoms with Gasteiger partial charge in [0.25, 0.3) is 0 Å². The second-order valence-electron chi connectivity index (χ2n) is 8.28. The van der Waals surface area contributed by atoms with Crippen molar-refractivity contribution in [2.45, 2.75) is 20.8 Å². The minimum absolute atomic E-state index is 0. The first kappa shape index (κ1) is 42.4. The Morgan fingerprint density at radius 3 is 1.27 bits per heavy atom. The predicted molar refractivity (Wildman–Crippen MR) is 156 cm³/mol. The zero-order chi connectivity index (χ0) is 31.7. The molecule has 4 aromatic carbocycles. The van der Waals surface area contributed by atoms with Gasteiger partial charge >= 0.3 is 64.6 Å². The molecule has 9 nitrogen and oxygen atoms in total. The van der Waals surface area contributed by atoms with E-state index in [4.69, 9.17) is 26.7 Å². The van der Waals surface area contributed by atoms with Crippen LogP contribution >= 0.6 is 0 Å². The van der Waals surface area contributed by atoms with Gasteiger partial charge in [0, 0.05) is 0 Å². The number of rotatable bonds is 5. The maximum Gasteiger partial charge on any atom is 1.00 e. The number of carbonyl (C=O) groups is 2. The molecule has 0 bridgehead atoms. The van der Waals surface area contributed by atoms with Crippen LogP contribution in [-0.4, -0.2) is 46.0 Å². The predicted octanol–water partition coefficient (Wildman–Crippen LogP) is 2.96. The average molecular weight is 657 g/mol. The second kappa shape index (κ2) is 22.8. The maximum absolute atomic E-state index is 13.9. The van der Waals surface area contributed by atoms with E-state index in [-0.39, 0.29) is 52.8 Å². The number of carbonyl (C=O) groups excluding carboxylic acids is 1. The van der Waals surface area contributed by atoms with Gasteiger partial charge in [-0.1, -0.05) is 71.8 Å². The van der Waals surface area contributed by atoms with Crippen molar-refractivity contribution >= 4 is 35.1 Å². The average Bonchev–Trinajstić information content (AvgIpc) is 2.95. The smallest absolute Gasteiger partial charge is 0.870 e. The number of esters is 1. The van der Waals surface area contributed by atoms with E-state index in [9.17, 15) is 18.4 Å². The minimum atomic E-state index is -1.25. The van der Waals surface area contributed by atoms with Crippen LogP contribution in [-0.2, 0) is 27.9 Å². The minimum Gasteiger partial charge on any atom is -0.870 e. The molecule has 0 atom stereocenters. The van der Waals surface area contributed by atoms with Gasteiger partial charge in [-0.25, -0.2) is 18.4 Å². The third-order valence-corrected chi connectivity index (χ3v) is 5.43. The van der Waals surface area contributed by atoms with Crippen molar-refractivity contribution in [1.82, 2.24) is 0 Å². The molecule has 14 heteroatoms. The van der Waals surface area contributed by atoms with E-state index in [0.717, 1.165) is 27.8 Å². The van der Waals surface area contributed by atoms with Gasteiger partial charge in [0.1, 0.15) is 11.6 Å². The van der Waals surface area contributed by atoms with Crippen LogP contribution in [0.25, 0.3) is 22.3 Å². The first-order chi connectivity index (χ1) is 20.0. The maximum atomic E-state index is 13.9. The van der Waals surface area contributed by atoms with Crippen LogP contribution in [0.3, 0.4) is 0 Å². The summed E-state index contributed by atoms with van der Waals surface area (Å²) in [6.07, 6.45) is 0. The number of aryl methyl sites for hydroxylation is 2. The normalized spacial score (nSPS) is 8.93. The van der Waals surface area contributed by atoms with E-state index in [1.807, 2.05) is 62.4 Å². The summed E-state index contributed by atoms with van der Waals surface area (Å²) in [6, 6.07) is 24.1. The van der Waals surface area contributed by atoms with E-state index < -0.39 is 46.7 Å². The Kier molecular flexibility index (Phi) is 21.9. The van der Waals surface area contributed by atoms with Crippen LogP contribution in [0.4, 0.5) is 8.78 Å². The van der Waals surface area contributed by atoms with Crippen LogP contribution in [0.5, 0.6) is 0 Å². The quantitative estimate of drug-likeness (QED) is 0.252. The van der Waals surface area contributed by atoms with E-state index >= 15 is 0 Å². The van der Waals surface area contributed by atoms with Gasteiger partial charge < -0.3 is 15.3 Å². The number of carboxylic acid groups (broad SMARTS) is 1. The molecule has 228 valence electrons. The fourth-order valence-electron chi connectivity index (χ4n) is 3.43. The molecule has 4 aromatic rings. The zero-order valence-corrected chi connectivity index (χ0v) is 27.7. The van der Waals surface area contributed by atoms with Crippen LogP contribution in [0.1, 0.15) is 38.8 Å². The largest absolute Gasteiger partial charge is 1.00 e. The van der Waals surface area contributed by atoms with Crippen LogP contribution < -0.4 is 29.6 Å². The van der Waals surface area contributed by atoms with Crippen LogP contribution in [0, 0.1) is 25.5 Å². The van der Waals surface area contributed by atoms with Crippen molar-refractivity contribution in [2.24, 2.45) is 0 Å². The number of hydrogen-bond acceptors (Lipinski definition) is 8. The van der Waals surface area contributed by atoms with Crippen LogP contribution in [0.15, 0.2) is 84.9 Å². The van der Waals surface area contributed by atoms with Crippen LogP contribution in [0.2, 0.25) is 0 Å². The van der Waals surface area contributed by atoms with Gasteiger partial charge in [-0.15, -0.1) is 0 Å². The van der Waals surface area contributed by atoms with E-state index in [2.05, 4.69) is 0 Å². The monoisotopic (exact) mass is 656 g/mol. The molecule has 0 aliphatic carbocycles. The third kappa shape index (κ3) is 14.2. The summed E-state index contributed by atoms with van der Waals surface area (Å²) in [6.45, 7) is 5.89. The summed E-state index contributed by atoms with van der Waals surface area (Å²) in [7, 11) is 0. The molecule has 0 aliphatic heterocycles. The Balaban J connectivity index is 0. The molecule has 0 saturated carbocycles. The number of hydrogen-bond donors (Lipinski definition) is 1. The molecule has 44 heavy (non-hydrogen) atoms. The molecule has 4 rings (SSSR count). The Labute approximate surface area is 282 Å². The summed E-state index contributed by atoms with van der Waals surface area (Å²) < 4.78 is 65.3. The van der Waals surface area contributed by atoms with Crippen molar-refractivity contribution in [3.05, 3.63) is 119 Å². The fourth-order valence-corrected chi connectivity index (χ4v) is 3.43. The van der Waals surface area contributed by atoms with Gasteiger partial charge in [0.15, 0.2) is 0 Å². The van der Waals surface area contributed by atoms with Gasteiger partial charge in [-0.05, 0) is 67.3 Å². The standard InChI is InChI=1S/C16H15FO2.C14H11FO2.Na.2O2S.H2O/c1-3-19-16(18)14-9-8-13(10-15(14)17)12-6-4-11(2)5-7-12;1-9-2-4-10(5-3-9)11-6-7-12(14(16)17)13(15)8-11;;2*1-3-2;/h4-10H,3H2,1-2H3;2-8H,1H3,(H,16,17);;;;1H2/q;;+1;;;/p-1. The van der Waals surface area contributed by atoms with Gasteiger partial charge in [0.2, 0.25) is 0 Å². The summed E-state index contributed by atoms with van der Waals surface area (Å²) in [5, 5.41) is 8.72. The molecule has 0 unspecified atom stereocenters. The third-order valence-electron chi connectivity index (χ3n) is 5.43. The van der Waals surface area contributed by atoms with E-state index in [1.165, 1.54) is 24.3 Å². The van der Waals surface area contributed by atoms with Crippen molar-refractivity contribution in [1.29, 1.82) is 0 Å². The van der Waals surface area contributed by atoms with Gasteiger partial charge in [-0.2, -0.15) is 16.8 Å². The fraction of sp³-hybridized carbons (Fsp3) is 0.133. The summed E-state index contributed by atoms with van der Waals surface area (Å²) >= 11 is -1.50. The molecule has 2 N–H and O–H groups in total. The molecule has 0 saturated heterocycles. The summed E-state index contributed by atoms with van der Waals surface area (Å²) in [4.78, 5) is 22.2. The van der Waals surface area contributed by atoms with E-state index in [1.54, 1.807) is 19.1 Å². The molecule has 0 heterocycles. The van der Waals surface area contributed by atoms with Crippen molar-refractivity contribution in [3.8, 4) is 22.3 Å². The van der Waals surface area contributed by atoms with Crippen molar-refractivity contribution < 1.29 is 80.1 Å². The number of carboxylic acids is 1. The second-order valence-corrected chi connectivity index (χ2v) is 8.56. The SMILES string of the molecule is CCOC(=O)c1ccc(-c2ccc(C)cc2)cc1F.Cc1ccc(-c2ccc(C(=O)O)c(F)c2)cc1.O=S=O.O=S=O.[Na+].[OH-]. The molecule has 0 amide bonds. The summed E-state index contributed by atoms with van der Waals surface area (Å²) in [5.41, 5.74) is 5.13. The first-order valence-corrected chi connectivity index (χ1v) is 13.3. The summed E-state index contributed by atoms with van der Waals surface area (Å²) in [5.74, 6) is -3.15. The molecular weight excluding hydrogens is 629 g/mol. The Morgan fingerprint density at radius 1 is 0.659 bits per heavy atom.